The van der Waals surface area contributed by atoms with Gasteiger partial charge in [-0.2, -0.15) is 0 Å². The van der Waals surface area contributed by atoms with Crippen molar-refractivity contribution in [2.45, 2.75) is 13.5 Å². The smallest absolute Gasteiger partial charge is 0.128 e. The van der Waals surface area contributed by atoms with Gasteiger partial charge in [0.2, 0.25) is 0 Å². The zero-order valence-corrected chi connectivity index (χ0v) is 9.23. The van der Waals surface area contributed by atoms with E-state index in [2.05, 4.69) is 15.6 Å². The molecular weight excluding hydrogens is 202 g/mol. The largest absolute Gasteiger partial charge is 0.472 e. The molecule has 0 spiro atoms. The number of nitrogens with one attached hydrogen (secondary N) is 2. The first-order valence-electron chi connectivity index (χ1n) is 5.34. The highest BCUT2D eigenvalue weighted by Crippen LogP contribution is 2.10. The molecule has 16 heavy (non-hydrogen) atoms. The molecule has 0 saturated heterocycles. The molecule has 2 heterocycles. The highest BCUT2D eigenvalue weighted by Gasteiger charge is 1.97. The van der Waals surface area contributed by atoms with Crippen molar-refractivity contribution in [3.63, 3.8) is 0 Å². The number of rotatable bonds is 5. The van der Waals surface area contributed by atoms with E-state index in [9.17, 15) is 0 Å². The summed E-state index contributed by atoms with van der Waals surface area (Å²) in [6.07, 6.45) is 3.39. The lowest BCUT2D eigenvalue weighted by Crippen LogP contribution is -2.03. The van der Waals surface area contributed by atoms with Gasteiger partial charge in [0.05, 0.1) is 12.5 Å². The maximum absolute atomic E-state index is 4.99. The molecule has 0 aromatic carbocycles. The van der Waals surface area contributed by atoms with E-state index in [0.29, 0.717) is 0 Å². The van der Waals surface area contributed by atoms with Gasteiger partial charge in [0.1, 0.15) is 11.6 Å². The third-order valence-electron chi connectivity index (χ3n) is 2.16. The van der Waals surface area contributed by atoms with Gasteiger partial charge in [0.25, 0.3) is 0 Å². The number of aromatic nitrogens is 1. The van der Waals surface area contributed by atoms with Crippen molar-refractivity contribution < 1.29 is 4.42 Å². The SMILES string of the molecule is CCNc1cccc(NCc2ccoc2)n1. The minimum Gasteiger partial charge on any atom is -0.472 e. The van der Waals surface area contributed by atoms with Gasteiger partial charge in [0.15, 0.2) is 0 Å². The monoisotopic (exact) mass is 217 g/mol. The van der Waals surface area contributed by atoms with Gasteiger partial charge in [-0.25, -0.2) is 4.98 Å². The van der Waals surface area contributed by atoms with Crippen LogP contribution in [0.1, 0.15) is 12.5 Å². The lowest BCUT2D eigenvalue weighted by molar-refractivity contribution is 0.564. The molecule has 0 bridgehead atoms. The Balaban J connectivity index is 1.96. The molecule has 0 radical (unpaired) electrons. The summed E-state index contributed by atoms with van der Waals surface area (Å²) in [6, 6.07) is 7.80. The molecule has 0 saturated carbocycles. The van der Waals surface area contributed by atoms with E-state index in [0.717, 1.165) is 30.3 Å². The summed E-state index contributed by atoms with van der Waals surface area (Å²) in [4.78, 5) is 4.41. The molecular formula is C12H15N3O. The Morgan fingerprint density at radius 2 is 2.00 bits per heavy atom. The maximum atomic E-state index is 4.99. The molecule has 2 N–H and O–H groups in total. The topological polar surface area (TPSA) is 50.1 Å². The molecule has 2 aromatic heterocycles. The predicted molar refractivity (Wildman–Crippen MR) is 64.4 cm³/mol. The zero-order chi connectivity index (χ0) is 11.2. The first kappa shape index (κ1) is 10.5. The number of furan rings is 1. The second kappa shape index (κ2) is 5.21. The van der Waals surface area contributed by atoms with Crippen LogP contribution in [-0.2, 0) is 6.54 Å². The molecule has 2 aromatic rings. The van der Waals surface area contributed by atoms with E-state index in [4.69, 9.17) is 4.42 Å². The molecule has 2 rings (SSSR count). The summed E-state index contributed by atoms with van der Waals surface area (Å²) in [7, 11) is 0. The molecule has 4 nitrogen and oxygen atoms in total. The quantitative estimate of drug-likeness (QED) is 0.808. The van der Waals surface area contributed by atoms with Crippen LogP contribution in [0.4, 0.5) is 11.6 Å². The van der Waals surface area contributed by atoms with Crippen LogP contribution in [0.25, 0.3) is 0 Å². The predicted octanol–water partition coefficient (Wildman–Crippen LogP) is 2.72. The molecule has 0 aliphatic rings. The zero-order valence-electron chi connectivity index (χ0n) is 9.23. The normalized spacial score (nSPS) is 10.1. The van der Waals surface area contributed by atoms with Gasteiger partial charge >= 0.3 is 0 Å². The van der Waals surface area contributed by atoms with E-state index < -0.39 is 0 Å². The second-order valence-corrected chi connectivity index (χ2v) is 3.42. The molecule has 0 unspecified atom stereocenters. The molecule has 0 aliphatic heterocycles. The van der Waals surface area contributed by atoms with Gasteiger partial charge in [0, 0.05) is 18.7 Å². The third kappa shape index (κ3) is 2.76. The molecule has 0 fully saturated rings. The van der Waals surface area contributed by atoms with Crippen molar-refractivity contribution in [3.05, 3.63) is 42.4 Å². The van der Waals surface area contributed by atoms with Crippen molar-refractivity contribution in [3.8, 4) is 0 Å². The van der Waals surface area contributed by atoms with E-state index in [1.165, 1.54) is 0 Å². The van der Waals surface area contributed by atoms with Crippen LogP contribution >= 0.6 is 0 Å². The Bertz CT molecular complexity index is 426. The molecule has 84 valence electrons. The summed E-state index contributed by atoms with van der Waals surface area (Å²) in [5.41, 5.74) is 1.11. The average molecular weight is 217 g/mol. The number of hydrogen-bond donors (Lipinski definition) is 2. The lowest BCUT2D eigenvalue weighted by Gasteiger charge is -2.06. The number of hydrogen-bond acceptors (Lipinski definition) is 4. The van der Waals surface area contributed by atoms with Crippen LogP contribution in [0.2, 0.25) is 0 Å². The minimum atomic E-state index is 0.721. The van der Waals surface area contributed by atoms with Crippen LogP contribution in [-0.4, -0.2) is 11.5 Å². The van der Waals surface area contributed by atoms with Crippen molar-refractivity contribution in [2.75, 3.05) is 17.2 Å². The molecule has 4 heteroatoms. The minimum absolute atomic E-state index is 0.721. The Hall–Kier alpha value is -1.97. The van der Waals surface area contributed by atoms with Crippen LogP contribution in [0.3, 0.4) is 0 Å². The van der Waals surface area contributed by atoms with Crippen LogP contribution < -0.4 is 10.6 Å². The first-order valence-corrected chi connectivity index (χ1v) is 5.34. The Labute approximate surface area is 94.7 Å². The van der Waals surface area contributed by atoms with Crippen molar-refractivity contribution >= 4 is 11.6 Å². The summed E-state index contributed by atoms with van der Waals surface area (Å²) in [5, 5.41) is 6.41. The number of pyridine rings is 1. The lowest BCUT2D eigenvalue weighted by atomic mass is 10.3. The van der Waals surface area contributed by atoms with E-state index in [1.54, 1.807) is 12.5 Å². The second-order valence-electron chi connectivity index (χ2n) is 3.42. The highest BCUT2D eigenvalue weighted by molar-refractivity contribution is 5.45. The van der Waals surface area contributed by atoms with Crippen LogP contribution in [0.5, 0.6) is 0 Å². The first-order chi connectivity index (χ1) is 7.88. The van der Waals surface area contributed by atoms with Gasteiger partial charge in [-0.3, -0.25) is 0 Å². The number of nitrogens with zero attached hydrogens (tertiary/aromatic N) is 1. The maximum Gasteiger partial charge on any atom is 0.128 e. The van der Waals surface area contributed by atoms with Gasteiger partial charge < -0.3 is 15.1 Å². The Kier molecular flexibility index (Phi) is 3.43. The molecule has 0 amide bonds. The average Bonchev–Trinajstić information content (AvgIpc) is 2.80. The van der Waals surface area contributed by atoms with Gasteiger partial charge in [-0.05, 0) is 25.1 Å². The highest BCUT2D eigenvalue weighted by atomic mass is 16.3. The molecule has 0 atom stereocenters. The third-order valence-corrected chi connectivity index (χ3v) is 2.16. The summed E-state index contributed by atoms with van der Waals surface area (Å²) < 4.78 is 4.99. The van der Waals surface area contributed by atoms with Crippen molar-refractivity contribution in [2.24, 2.45) is 0 Å². The summed E-state index contributed by atoms with van der Waals surface area (Å²) in [6.45, 7) is 3.64. The van der Waals surface area contributed by atoms with Gasteiger partial charge in [-0.15, -0.1) is 0 Å². The summed E-state index contributed by atoms with van der Waals surface area (Å²) in [5.74, 6) is 1.75. The van der Waals surface area contributed by atoms with E-state index in [-0.39, 0.29) is 0 Å². The fraction of sp³-hybridized carbons (Fsp3) is 0.250. The Morgan fingerprint density at radius 1 is 1.19 bits per heavy atom. The summed E-state index contributed by atoms with van der Waals surface area (Å²) >= 11 is 0. The fourth-order valence-corrected chi connectivity index (χ4v) is 1.40. The molecule has 0 aliphatic carbocycles. The number of anilines is 2. The van der Waals surface area contributed by atoms with E-state index in [1.807, 2.05) is 31.2 Å². The fourth-order valence-electron chi connectivity index (χ4n) is 1.40. The standard InChI is InChI=1S/C12H15N3O/c1-2-13-11-4-3-5-12(15-11)14-8-10-6-7-16-9-10/h3-7,9H,2,8H2,1H3,(H2,13,14,15). The van der Waals surface area contributed by atoms with E-state index >= 15 is 0 Å². The van der Waals surface area contributed by atoms with Crippen molar-refractivity contribution in [1.82, 2.24) is 4.98 Å². The Morgan fingerprint density at radius 3 is 2.69 bits per heavy atom. The van der Waals surface area contributed by atoms with Gasteiger partial charge in [-0.1, -0.05) is 6.07 Å². The van der Waals surface area contributed by atoms with Crippen molar-refractivity contribution in [1.29, 1.82) is 0 Å². The van der Waals surface area contributed by atoms with Crippen LogP contribution in [0, 0.1) is 0 Å². The van der Waals surface area contributed by atoms with Crippen LogP contribution in [0.15, 0.2) is 41.2 Å².